The minimum atomic E-state index is 0.104. The number of fused-ring (bicyclic) bond motifs is 1. The number of nitrogens with zero attached hydrogens (tertiary/aromatic N) is 5. The molecule has 0 N–H and O–H groups in total. The van der Waals surface area contributed by atoms with Crippen molar-refractivity contribution < 1.29 is 0 Å². The second-order valence-corrected chi connectivity index (χ2v) is 6.83. The minimum absolute atomic E-state index is 0.104. The van der Waals surface area contributed by atoms with Crippen LogP contribution in [0.25, 0.3) is 11.0 Å². The smallest absolute Gasteiger partial charge is 0.207 e. The van der Waals surface area contributed by atoms with E-state index in [2.05, 4.69) is 45.6 Å². The van der Waals surface area contributed by atoms with Crippen LogP contribution in [0.5, 0.6) is 0 Å². The molecule has 132 valence electrons. The molecule has 0 amide bonds. The molecular weight excluding hydrogens is 322 g/mol. The van der Waals surface area contributed by atoms with Gasteiger partial charge in [0.2, 0.25) is 5.95 Å². The topological polar surface area (TPSA) is 57.7 Å². The molecule has 5 heteroatoms. The fourth-order valence-electron chi connectivity index (χ4n) is 3.85. The zero-order valence-corrected chi connectivity index (χ0v) is 15.1. The summed E-state index contributed by atoms with van der Waals surface area (Å²) in [4.78, 5) is 12.0. The van der Waals surface area contributed by atoms with Crippen LogP contribution in [0.3, 0.4) is 0 Å². The minimum Gasteiger partial charge on any atom is -0.342 e. The molecule has 0 saturated carbocycles. The zero-order valence-electron chi connectivity index (χ0n) is 15.1. The van der Waals surface area contributed by atoms with Crippen LogP contribution in [-0.4, -0.2) is 27.6 Å². The predicted octanol–water partition coefficient (Wildman–Crippen LogP) is 4.29. The molecule has 0 spiro atoms. The number of aromatic nitrogens is 3. The molecule has 2 aromatic heterocycles. The van der Waals surface area contributed by atoms with Crippen LogP contribution in [0.4, 0.5) is 5.95 Å². The fraction of sp³-hybridized carbons (Fsp3) is 0.381. The predicted molar refractivity (Wildman–Crippen MR) is 103 cm³/mol. The number of anilines is 1. The Morgan fingerprint density at radius 2 is 1.92 bits per heavy atom. The van der Waals surface area contributed by atoms with Gasteiger partial charge in [0.1, 0.15) is 6.07 Å². The first-order chi connectivity index (χ1) is 12.8. The van der Waals surface area contributed by atoms with Crippen molar-refractivity contribution in [1.29, 1.82) is 5.26 Å². The van der Waals surface area contributed by atoms with Crippen molar-refractivity contribution in [2.45, 2.75) is 38.6 Å². The van der Waals surface area contributed by atoms with E-state index in [1.54, 1.807) is 6.20 Å². The molecule has 1 atom stereocenters. The van der Waals surface area contributed by atoms with Gasteiger partial charge in [0, 0.05) is 19.3 Å². The second kappa shape index (κ2) is 7.17. The van der Waals surface area contributed by atoms with Crippen LogP contribution < -0.4 is 4.90 Å². The Labute approximate surface area is 153 Å². The van der Waals surface area contributed by atoms with Gasteiger partial charge >= 0.3 is 0 Å². The van der Waals surface area contributed by atoms with E-state index < -0.39 is 0 Å². The van der Waals surface area contributed by atoms with Crippen LogP contribution in [-0.2, 0) is 0 Å². The van der Waals surface area contributed by atoms with E-state index in [4.69, 9.17) is 10.2 Å². The van der Waals surface area contributed by atoms with Crippen molar-refractivity contribution in [3.05, 3.63) is 53.9 Å². The van der Waals surface area contributed by atoms with Gasteiger partial charge in [-0.1, -0.05) is 19.1 Å². The first-order valence-electron chi connectivity index (χ1n) is 9.39. The maximum Gasteiger partial charge on any atom is 0.207 e. The molecule has 1 saturated heterocycles. The highest BCUT2D eigenvalue weighted by molar-refractivity contribution is 5.79. The Morgan fingerprint density at radius 3 is 2.62 bits per heavy atom. The van der Waals surface area contributed by atoms with Crippen molar-refractivity contribution in [3.63, 3.8) is 0 Å². The molecule has 0 bridgehead atoms. The fourth-order valence-corrected chi connectivity index (χ4v) is 3.85. The van der Waals surface area contributed by atoms with Gasteiger partial charge in [-0.2, -0.15) is 5.26 Å². The Bertz CT molecular complexity index is 929. The van der Waals surface area contributed by atoms with Crippen LogP contribution in [0.15, 0.2) is 42.6 Å². The summed E-state index contributed by atoms with van der Waals surface area (Å²) in [5.74, 6) is 1.05. The first kappa shape index (κ1) is 16.6. The molecule has 0 aliphatic carbocycles. The molecule has 0 unspecified atom stereocenters. The number of pyridine rings is 1. The standard InChI is InChI=1S/C21H23N5/c1-2-19(17-11-10-16(14-22)15-23-17)26-20-9-5-4-8-18(20)24-21(26)25-12-6-3-7-13-25/h4-5,8-11,15,19H,2-3,6-7,12-13H2,1H3/t19-/m1/s1. The number of hydrogen-bond donors (Lipinski definition) is 0. The Balaban J connectivity index is 1.85. The SMILES string of the molecule is CC[C@H](c1ccc(C#N)cn1)n1c(N2CCCCC2)nc2ccccc21. The third-order valence-corrected chi connectivity index (χ3v) is 5.17. The van der Waals surface area contributed by atoms with Crippen LogP contribution in [0.1, 0.15) is 49.9 Å². The van der Waals surface area contributed by atoms with E-state index in [9.17, 15) is 0 Å². The molecule has 3 heterocycles. The summed E-state index contributed by atoms with van der Waals surface area (Å²) >= 11 is 0. The lowest BCUT2D eigenvalue weighted by Crippen LogP contribution is -2.32. The van der Waals surface area contributed by atoms with E-state index in [-0.39, 0.29) is 6.04 Å². The van der Waals surface area contributed by atoms with Crippen LogP contribution in [0, 0.1) is 11.3 Å². The largest absolute Gasteiger partial charge is 0.342 e. The van der Waals surface area contributed by atoms with Gasteiger partial charge < -0.3 is 9.47 Å². The summed E-state index contributed by atoms with van der Waals surface area (Å²) in [7, 11) is 0. The van der Waals surface area contributed by atoms with E-state index >= 15 is 0 Å². The van der Waals surface area contributed by atoms with Gasteiger partial charge in [-0.15, -0.1) is 0 Å². The Kier molecular flexibility index (Phi) is 4.57. The number of imidazole rings is 1. The number of piperidine rings is 1. The average molecular weight is 345 g/mol. The van der Waals surface area contributed by atoms with Gasteiger partial charge in [-0.3, -0.25) is 4.98 Å². The number of para-hydroxylation sites is 2. The van der Waals surface area contributed by atoms with Gasteiger partial charge in [0.25, 0.3) is 0 Å². The summed E-state index contributed by atoms with van der Waals surface area (Å²) in [5, 5.41) is 9.05. The van der Waals surface area contributed by atoms with E-state index in [1.807, 2.05) is 18.2 Å². The molecular formula is C21H23N5. The third-order valence-electron chi connectivity index (χ3n) is 5.17. The molecule has 4 rings (SSSR count). The van der Waals surface area contributed by atoms with Crippen molar-refractivity contribution in [3.8, 4) is 6.07 Å². The summed E-state index contributed by atoms with van der Waals surface area (Å²) in [5.41, 5.74) is 3.74. The highest BCUT2D eigenvalue weighted by Crippen LogP contribution is 2.33. The number of rotatable bonds is 4. The molecule has 3 aromatic rings. The van der Waals surface area contributed by atoms with Crippen molar-refractivity contribution in [2.24, 2.45) is 0 Å². The highest BCUT2D eigenvalue weighted by atomic mass is 15.3. The molecule has 5 nitrogen and oxygen atoms in total. The normalized spacial score (nSPS) is 15.8. The first-order valence-corrected chi connectivity index (χ1v) is 9.39. The maximum absolute atomic E-state index is 9.05. The van der Waals surface area contributed by atoms with E-state index in [1.165, 1.54) is 19.3 Å². The monoisotopic (exact) mass is 345 g/mol. The van der Waals surface area contributed by atoms with E-state index in [0.29, 0.717) is 5.56 Å². The molecule has 0 radical (unpaired) electrons. The van der Waals surface area contributed by atoms with Gasteiger partial charge in [-0.05, 0) is 49.9 Å². The third kappa shape index (κ3) is 2.92. The Morgan fingerprint density at radius 1 is 1.12 bits per heavy atom. The summed E-state index contributed by atoms with van der Waals surface area (Å²) in [6, 6.07) is 14.4. The van der Waals surface area contributed by atoms with Gasteiger partial charge in [-0.25, -0.2) is 4.98 Å². The summed E-state index contributed by atoms with van der Waals surface area (Å²) in [6.07, 6.45) is 6.31. The number of hydrogen-bond acceptors (Lipinski definition) is 4. The average Bonchev–Trinajstić information content (AvgIpc) is 3.09. The lowest BCUT2D eigenvalue weighted by molar-refractivity contribution is 0.523. The maximum atomic E-state index is 9.05. The molecule has 1 aliphatic rings. The quantitative estimate of drug-likeness (QED) is 0.708. The summed E-state index contributed by atoms with van der Waals surface area (Å²) < 4.78 is 2.34. The van der Waals surface area contributed by atoms with Gasteiger partial charge in [0.05, 0.1) is 28.3 Å². The lowest BCUT2D eigenvalue weighted by atomic mass is 10.1. The highest BCUT2D eigenvalue weighted by Gasteiger charge is 2.24. The van der Waals surface area contributed by atoms with E-state index in [0.717, 1.165) is 42.2 Å². The van der Waals surface area contributed by atoms with Crippen LogP contribution in [0.2, 0.25) is 0 Å². The van der Waals surface area contributed by atoms with Crippen molar-refractivity contribution in [2.75, 3.05) is 18.0 Å². The van der Waals surface area contributed by atoms with Gasteiger partial charge in [0.15, 0.2) is 0 Å². The molecule has 1 aliphatic heterocycles. The number of nitriles is 1. The van der Waals surface area contributed by atoms with Crippen LogP contribution >= 0.6 is 0 Å². The molecule has 26 heavy (non-hydrogen) atoms. The number of benzene rings is 1. The Hall–Kier alpha value is -2.87. The molecule has 1 aromatic carbocycles. The van der Waals surface area contributed by atoms with Crippen molar-refractivity contribution >= 4 is 17.0 Å². The lowest BCUT2D eigenvalue weighted by Gasteiger charge is -2.30. The zero-order chi connectivity index (χ0) is 17.9. The second-order valence-electron chi connectivity index (χ2n) is 6.83. The summed E-state index contributed by atoms with van der Waals surface area (Å²) in [6.45, 7) is 4.29. The van der Waals surface area contributed by atoms with Crippen molar-refractivity contribution in [1.82, 2.24) is 14.5 Å². The molecule has 1 fully saturated rings.